The molecule has 0 saturated carbocycles. The molecule has 32 heavy (non-hydrogen) atoms. The molecule has 3 aromatic carbocycles. The van der Waals surface area contributed by atoms with E-state index in [4.69, 9.17) is 9.84 Å². The first kappa shape index (κ1) is 21.3. The fourth-order valence-electron chi connectivity index (χ4n) is 3.81. The summed E-state index contributed by atoms with van der Waals surface area (Å²) in [7, 11) is 0. The van der Waals surface area contributed by atoms with Gasteiger partial charge in [0.1, 0.15) is 11.6 Å². The van der Waals surface area contributed by atoms with E-state index in [1.165, 1.54) is 12.1 Å². The topological polar surface area (TPSA) is 68.5 Å². The highest BCUT2D eigenvalue weighted by atomic mass is 19.1. The van der Waals surface area contributed by atoms with E-state index in [0.717, 1.165) is 16.6 Å². The highest BCUT2D eigenvalue weighted by Gasteiger charge is 2.17. The molecular weight excluding hydrogens is 409 g/mol. The molecule has 0 atom stereocenters. The number of carboxylic acids is 1. The average Bonchev–Trinajstić information content (AvgIpc) is 3.10. The van der Waals surface area contributed by atoms with Crippen LogP contribution < -0.4 is 4.74 Å². The predicted octanol–water partition coefficient (Wildman–Crippen LogP) is 5.03. The van der Waals surface area contributed by atoms with Crippen LogP contribution in [0.15, 0.2) is 72.8 Å². The molecule has 0 spiro atoms. The van der Waals surface area contributed by atoms with E-state index in [0.29, 0.717) is 35.4 Å². The summed E-state index contributed by atoms with van der Waals surface area (Å²) in [5, 5.41) is 9.91. The number of fused-ring (bicyclic) bond motifs is 1. The van der Waals surface area contributed by atoms with Crippen molar-refractivity contribution in [3.63, 3.8) is 0 Å². The molecule has 0 aliphatic heterocycles. The Labute approximate surface area is 184 Å². The maximum atomic E-state index is 13.3. The van der Waals surface area contributed by atoms with Gasteiger partial charge in [-0.2, -0.15) is 0 Å². The van der Waals surface area contributed by atoms with Crippen molar-refractivity contribution in [2.75, 3.05) is 6.61 Å². The van der Waals surface area contributed by atoms with E-state index >= 15 is 0 Å². The van der Waals surface area contributed by atoms with Crippen molar-refractivity contribution in [1.29, 1.82) is 0 Å². The molecule has 1 heterocycles. The summed E-state index contributed by atoms with van der Waals surface area (Å²) in [5.41, 5.74) is 3.44. The average molecular weight is 431 g/mol. The van der Waals surface area contributed by atoms with Crippen LogP contribution in [0, 0.1) is 12.7 Å². The van der Waals surface area contributed by atoms with E-state index in [1.54, 1.807) is 47.0 Å². The van der Waals surface area contributed by atoms with E-state index < -0.39 is 5.97 Å². The smallest absolute Gasteiger partial charge is 0.307 e. The van der Waals surface area contributed by atoms with Crippen molar-refractivity contribution in [3.05, 3.63) is 101 Å². The van der Waals surface area contributed by atoms with E-state index in [2.05, 4.69) is 0 Å². The number of carbonyl (C=O) groups excluding carboxylic acids is 1. The summed E-state index contributed by atoms with van der Waals surface area (Å²) in [6.07, 6.45) is 0.475. The lowest BCUT2D eigenvalue weighted by Gasteiger charge is -2.10. The molecule has 6 heteroatoms. The Morgan fingerprint density at radius 2 is 1.75 bits per heavy atom. The number of carbonyl (C=O) groups is 2. The van der Waals surface area contributed by atoms with Gasteiger partial charge < -0.3 is 9.84 Å². The van der Waals surface area contributed by atoms with E-state index in [9.17, 15) is 14.0 Å². The lowest BCUT2D eigenvalue weighted by atomic mass is 10.1. The van der Waals surface area contributed by atoms with Crippen LogP contribution in [0.1, 0.15) is 27.2 Å². The number of aryl methyl sites for hydroxylation is 1. The monoisotopic (exact) mass is 431 g/mol. The summed E-state index contributed by atoms with van der Waals surface area (Å²) in [6.45, 7) is 2.22. The summed E-state index contributed by atoms with van der Waals surface area (Å²) in [6, 6.07) is 20.5. The number of rotatable bonds is 7. The Kier molecular flexibility index (Phi) is 6.03. The van der Waals surface area contributed by atoms with Gasteiger partial charge in [-0.25, -0.2) is 4.39 Å². The maximum absolute atomic E-state index is 13.3. The van der Waals surface area contributed by atoms with Gasteiger partial charge in [0.05, 0.1) is 18.5 Å². The summed E-state index contributed by atoms with van der Waals surface area (Å²) < 4.78 is 20.6. The molecule has 0 bridgehead atoms. The van der Waals surface area contributed by atoms with Crippen molar-refractivity contribution >= 4 is 22.8 Å². The molecule has 0 unspecified atom stereocenters. The zero-order chi connectivity index (χ0) is 22.7. The maximum Gasteiger partial charge on any atom is 0.307 e. The van der Waals surface area contributed by atoms with Crippen LogP contribution >= 0.6 is 0 Å². The molecule has 1 aromatic heterocycles. The number of halogens is 1. The summed E-state index contributed by atoms with van der Waals surface area (Å²) in [5.74, 6) is -0.762. The van der Waals surface area contributed by atoms with Gasteiger partial charge in [-0.3, -0.25) is 14.2 Å². The number of hydrogen-bond donors (Lipinski definition) is 1. The minimum absolute atomic E-state index is 0.101. The normalized spacial score (nSPS) is 10.9. The van der Waals surface area contributed by atoms with Crippen molar-refractivity contribution in [1.82, 2.24) is 4.57 Å². The molecule has 4 aromatic rings. The van der Waals surface area contributed by atoms with Crippen LogP contribution in [-0.2, 0) is 17.6 Å². The van der Waals surface area contributed by atoms with Gasteiger partial charge in [-0.05, 0) is 66.6 Å². The van der Waals surface area contributed by atoms with Gasteiger partial charge in [-0.15, -0.1) is 0 Å². The minimum Gasteiger partial charge on any atom is -0.493 e. The van der Waals surface area contributed by atoms with Crippen LogP contribution in [0.4, 0.5) is 4.39 Å². The number of carboxylic acid groups (broad SMARTS) is 1. The van der Waals surface area contributed by atoms with Gasteiger partial charge in [-0.1, -0.05) is 24.3 Å². The van der Waals surface area contributed by atoms with Crippen LogP contribution in [-0.4, -0.2) is 28.2 Å². The zero-order valence-corrected chi connectivity index (χ0v) is 17.5. The molecule has 0 aliphatic rings. The van der Waals surface area contributed by atoms with Crippen molar-refractivity contribution in [2.45, 2.75) is 19.8 Å². The van der Waals surface area contributed by atoms with Crippen LogP contribution in [0.5, 0.6) is 5.75 Å². The number of benzene rings is 3. The Morgan fingerprint density at radius 1 is 1.00 bits per heavy atom. The van der Waals surface area contributed by atoms with E-state index in [-0.39, 0.29) is 18.1 Å². The first-order chi connectivity index (χ1) is 15.4. The molecular formula is C26H22FNO4. The molecule has 0 radical (unpaired) electrons. The summed E-state index contributed by atoms with van der Waals surface area (Å²) >= 11 is 0. The molecule has 4 rings (SSSR count). The van der Waals surface area contributed by atoms with Crippen molar-refractivity contribution < 1.29 is 23.8 Å². The van der Waals surface area contributed by atoms with Crippen LogP contribution in [0.25, 0.3) is 10.9 Å². The lowest BCUT2D eigenvalue weighted by Crippen LogP contribution is -2.13. The molecule has 0 amide bonds. The van der Waals surface area contributed by atoms with E-state index in [1.807, 2.05) is 25.1 Å². The number of aromatic nitrogens is 1. The Morgan fingerprint density at radius 3 is 2.47 bits per heavy atom. The Hall–Kier alpha value is -3.93. The van der Waals surface area contributed by atoms with Gasteiger partial charge in [0, 0.05) is 23.1 Å². The molecule has 5 nitrogen and oxygen atoms in total. The first-order valence-corrected chi connectivity index (χ1v) is 10.3. The third-order valence-electron chi connectivity index (χ3n) is 5.31. The SMILES string of the molecule is Cc1cc2c(CC(=O)O)cccc2n1C(=O)c1ccc(OCCc2cccc(F)c2)cc1. The highest BCUT2D eigenvalue weighted by molar-refractivity contribution is 6.04. The molecule has 0 saturated heterocycles. The predicted molar refractivity (Wildman–Crippen MR) is 120 cm³/mol. The van der Waals surface area contributed by atoms with Crippen molar-refractivity contribution in [3.8, 4) is 5.75 Å². The van der Waals surface area contributed by atoms with Gasteiger partial charge in [0.15, 0.2) is 0 Å². The molecule has 0 fully saturated rings. The van der Waals surface area contributed by atoms with Gasteiger partial charge in [0.2, 0.25) is 0 Å². The number of aliphatic carboxylic acids is 1. The minimum atomic E-state index is -0.915. The van der Waals surface area contributed by atoms with Gasteiger partial charge >= 0.3 is 5.97 Å². The Bertz CT molecular complexity index is 1290. The molecule has 162 valence electrons. The zero-order valence-electron chi connectivity index (χ0n) is 17.5. The fraction of sp³-hybridized carbons (Fsp3) is 0.154. The third-order valence-corrected chi connectivity index (χ3v) is 5.31. The van der Waals surface area contributed by atoms with Crippen LogP contribution in [0.2, 0.25) is 0 Å². The molecule has 0 aliphatic carbocycles. The number of hydrogen-bond acceptors (Lipinski definition) is 3. The fourth-order valence-corrected chi connectivity index (χ4v) is 3.81. The standard InChI is InChI=1S/C26H22FNO4/c1-17-14-23-20(16-25(29)30)5-3-7-24(23)28(17)26(31)19-8-10-22(11-9-19)32-13-12-18-4-2-6-21(27)15-18/h2-11,14-15H,12-13,16H2,1H3,(H,29,30). The quantitative estimate of drug-likeness (QED) is 0.446. The second-order valence-electron chi connectivity index (χ2n) is 7.60. The second-order valence-corrected chi connectivity index (χ2v) is 7.60. The summed E-state index contributed by atoms with van der Waals surface area (Å²) in [4.78, 5) is 24.3. The number of nitrogens with zero attached hydrogens (tertiary/aromatic N) is 1. The van der Waals surface area contributed by atoms with Crippen LogP contribution in [0.3, 0.4) is 0 Å². The highest BCUT2D eigenvalue weighted by Crippen LogP contribution is 2.25. The lowest BCUT2D eigenvalue weighted by molar-refractivity contribution is -0.136. The Balaban J connectivity index is 1.49. The molecule has 1 N–H and O–H groups in total. The second kappa shape index (κ2) is 9.06. The van der Waals surface area contributed by atoms with Crippen molar-refractivity contribution in [2.24, 2.45) is 0 Å². The third kappa shape index (κ3) is 4.54. The number of ether oxygens (including phenoxy) is 1. The first-order valence-electron chi connectivity index (χ1n) is 10.3. The largest absolute Gasteiger partial charge is 0.493 e. The van der Waals surface area contributed by atoms with Gasteiger partial charge in [0.25, 0.3) is 5.91 Å².